The number of nitrogens with one attached hydrogen (secondary N) is 1. The van der Waals surface area contributed by atoms with Gasteiger partial charge in [-0.1, -0.05) is 13.8 Å². The molecule has 1 rings (SSSR count). The molecule has 0 spiro atoms. The first-order valence-corrected chi connectivity index (χ1v) is 6.43. The summed E-state index contributed by atoms with van der Waals surface area (Å²) in [7, 11) is 1.37. The highest BCUT2D eigenvalue weighted by molar-refractivity contribution is 5.87. The lowest BCUT2D eigenvalue weighted by Gasteiger charge is -2.34. The number of methoxy groups -OCH3 is 1. The summed E-state index contributed by atoms with van der Waals surface area (Å²) in [4.78, 5) is 16.6. The van der Waals surface area contributed by atoms with Gasteiger partial charge >= 0.3 is 5.97 Å². The minimum atomic E-state index is -0.333. The molecule has 0 aromatic heterocycles. The van der Waals surface area contributed by atoms with Crippen LogP contribution in [-0.4, -0.2) is 37.9 Å². The van der Waals surface area contributed by atoms with Gasteiger partial charge in [-0.15, -0.1) is 0 Å². The molecule has 104 valence electrons. The lowest BCUT2D eigenvalue weighted by molar-refractivity contribution is -0.182. The van der Waals surface area contributed by atoms with Crippen LogP contribution in [-0.2, 0) is 19.1 Å². The van der Waals surface area contributed by atoms with Gasteiger partial charge in [0.25, 0.3) is 0 Å². The number of carbonyl (C=O) groups is 1. The summed E-state index contributed by atoms with van der Waals surface area (Å²) in [6.45, 7) is 6.63. The zero-order valence-corrected chi connectivity index (χ0v) is 11.6. The van der Waals surface area contributed by atoms with E-state index in [1.54, 1.807) is 13.0 Å². The van der Waals surface area contributed by atoms with E-state index in [2.05, 4.69) is 24.1 Å². The number of carbonyl (C=O) groups excluding carboxylic acids is 1. The van der Waals surface area contributed by atoms with Crippen LogP contribution in [0.4, 0.5) is 0 Å². The molecule has 0 radical (unpaired) electrons. The van der Waals surface area contributed by atoms with Crippen LogP contribution in [0.3, 0.4) is 0 Å². The SMILES string of the molecule is CCC(CC)O[C@@H](/C=C(\C)C(=O)OC)C1CNO1. The topological polar surface area (TPSA) is 56.8 Å². The van der Waals surface area contributed by atoms with Crippen molar-refractivity contribution in [1.29, 1.82) is 0 Å². The van der Waals surface area contributed by atoms with Crippen molar-refractivity contribution in [3.8, 4) is 0 Å². The van der Waals surface area contributed by atoms with Gasteiger partial charge < -0.3 is 9.47 Å². The maximum Gasteiger partial charge on any atom is 0.333 e. The van der Waals surface area contributed by atoms with Crippen molar-refractivity contribution in [2.24, 2.45) is 0 Å². The molecule has 0 amide bonds. The van der Waals surface area contributed by atoms with E-state index >= 15 is 0 Å². The molecule has 5 nitrogen and oxygen atoms in total. The molecule has 0 bridgehead atoms. The van der Waals surface area contributed by atoms with Crippen LogP contribution in [0.5, 0.6) is 0 Å². The van der Waals surface area contributed by atoms with Crippen molar-refractivity contribution in [2.45, 2.75) is 51.9 Å². The van der Waals surface area contributed by atoms with Crippen molar-refractivity contribution < 1.29 is 19.1 Å². The minimum absolute atomic E-state index is 0.0368. The molecule has 1 unspecified atom stereocenters. The average molecular weight is 257 g/mol. The van der Waals surface area contributed by atoms with Gasteiger partial charge in [0.05, 0.1) is 19.8 Å². The lowest BCUT2D eigenvalue weighted by atomic mass is 10.1. The normalized spacial score (nSPS) is 21.6. The molecule has 0 aliphatic carbocycles. The maximum absolute atomic E-state index is 11.4. The third-order valence-corrected chi connectivity index (χ3v) is 3.07. The highest BCUT2D eigenvalue weighted by Gasteiger charge is 2.30. The summed E-state index contributed by atoms with van der Waals surface area (Å²) in [5.41, 5.74) is 3.29. The molecular formula is C13H23NO4. The summed E-state index contributed by atoms with van der Waals surface area (Å²) in [6.07, 6.45) is 3.60. The van der Waals surface area contributed by atoms with E-state index < -0.39 is 0 Å². The Balaban J connectivity index is 2.68. The molecular weight excluding hydrogens is 234 g/mol. The standard InChI is InChI=1S/C13H23NO4/c1-5-10(6-2)17-11(12-8-14-18-12)7-9(3)13(15)16-4/h7,10-12,14H,5-6,8H2,1-4H3/b9-7+/t11-,12?/m0/s1. The molecule has 5 heteroatoms. The van der Waals surface area contributed by atoms with Crippen LogP contribution in [0, 0.1) is 0 Å². The summed E-state index contributed by atoms with van der Waals surface area (Å²) in [5.74, 6) is -0.333. The Morgan fingerprint density at radius 3 is 2.50 bits per heavy atom. The largest absolute Gasteiger partial charge is 0.466 e. The predicted octanol–water partition coefficient (Wildman–Crippen LogP) is 1.58. The second-order valence-electron chi connectivity index (χ2n) is 4.39. The van der Waals surface area contributed by atoms with Crippen molar-refractivity contribution in [3.63, 3.8) is 0 Å². The Labute approximate surface area is 108 Å². The molecule has 0 saturated carbocycles. The second-order valence-corrected chi connectivity index (χ2v) is 4.39. The lowest BCUT2D eigenvalue weighted by Crippen LogP contribution is -2.52. The maximum atomic E-state index is 11.4. The van der Waals surface area contributed by atoms with Crippen LogP contribution < -0.4 is 5.48 Å². The zero-order chi connectivity index (χ0) is 13.5. The van der Waals surface area contributed by atoms with E-state index in [-0.39, 0.29) is 24.3 Å². The molecule has 2 atom stereocenters. The van der Waals surface area contributed by atoms with Crippen LogP contribution in [0.15, 0.2) is 11.6 Å². The van der Waals surface area contributed by atoms with Crippen molar-refractivity contribution in [2.75, 3.05) is 13.7 Å². The van der Waals surface area contributed by atoms with Crippen LogP contribution in [0.1, 0.15) is 33.6 Å². The van der Waals surface area contributed by atoms with Gasteiger partial charge in [0.1, 0.15) is 12.2 Å². The Morgan fingerprint density at radius 2 is 2.11 bits per heavy atom. The number of esters is 1. The third-order valence-electron chi connectivity index (χ3n) is 3.07. The first-order chi connectivity index (χ1) is 8.62. The van der Waals surface area contributed by atoms with Crippen molar-refractivity contribution in [3.05, 3.63) is 11.6 Å². The average Bonchev–Trinajstić information content (AvgIpc) is 2.32. The number of hydrogen-bond acceptors (Lipinski definition) is 5. The quantitative estimate of drug-likeness (QED) is 0.554. The van der Waals surface area contributed by atoms with Gasteiger partial charge in [-0.05, 0) is 25.8 Å². The highest BCUT2D eigenvalue weighted by atomic mass is 16.7. The Bertz CT molecular complexity index is 295. The number of hydroxylamine groups is 1. The van der Waals surface area contributed by atoms with Gasteiger partial charge in [-0.25, -0.2) is 4.79 Å². The van der Waals surface area contributed by atoms with Gasteiger partial charge in [0, 0.05) is 5.57 Å². The first kappa shape index (κ1) is 15.1. The Morgan fingerprint density at radius 1 is 1.50 bits per heavy atom. The van der Waals surface area contributed by atoms with E-state index in [1.807, 2.05) is 0 Å². The molecule has 1 aliphatic rings. The molecule has 1 N–H and O–H groups in total. The predicted molar refractivity (Wildman–Crippen MR) is 67.9 cm³/mol. The molecule has 0 aromatic rings. The molecule has 18 heavy (non-hydrogen) atoms. The van der Waals surface area contributed by atoms with E-state index in [1.165, 1.54) is 7.11 Å². The van der Waals surface area contributed by atoms with Gasteiger partial charge in [-0.2, -0.15) is 5.48 Å². The van der Waals surface area contributed by atoms with E-state index in [0.717, 1.165) is 19.4 Å². The summed E-state index contributed by atoms with van der Waals surface area (Å²) in [5, 5.41) is 0. The fourth-order valence-electron chi connectivity index (χ4n) is 1.78. The smallest absolute Gasteiger partial charge is 0.333 e. The molecule has 1 heterocycles. The molecule has 1 fully saturated rings. The third kappa shape index (κ3) is 4.08. The minimum Gasteiger partial charge on any atom is -0.466 e. The summed E-state index contributed by atoms with van der Waals surface area (Å²) < 4.78 is 10.7. The summed E-state index contributed by atoms with van der Waals surface area (Å²) in [6, 6.07) is 0. The number of ether oxygens (including phenoxy) is 2. The van der Waals surface area contributed by atoms with Gasteiger partial charge in [0.15, 0.2) is 0 Å². The Kier molecular flexibility index (Phi) is 6.32. The molecule has 0 aromatic carbocycles. The second kappa shape index (κ2) is 7.51. The molecule has 1 saturated heterocycles. The monoisotopic (exact) mass is 257 g/mol. The van der Waals surface area contributed by atoms with Crippen molar-refractivity contribution >= 4 is 5.97 Å². The Hall–Kier alpha value is -0.910. The van der Waals surface area contributed by atoms with Crippen LogP contribution in [0.2, 0.25) is 0 Å². The van der Waals surface area contributed by atoms with Gasteiger partial charge in [0.2, 0.25) is 0 Å². The van der Waals surface area contributed by atoms with Gasteiger partial charge in [-0.3, -0.25) is 4.84 Å². The molecule has 1 aliphatic heterocycles. The zero-order valence-electron chi connectivity index (χ0n) is 11.6. The highest BCUT2D eigenvalue weighted by Crippen LogP contribution is 2.17. The van der Waals surface area contributed by atoms with E-state index in [4.69, 9.17) is 9.57 Å². The van der Waals surface area contributed by atoms with E-state index in [0.29, 0.717) is 5.57 Å². The first-order valence-electron chi connectivity index (χ1n) is 6.43. The van der Waals surface area contributed by atoms with Crippen molar-refractivity contribution in [1.82, 2.24) is 5.48 Å². The number of hydrogen-bond donors (Lipinski definition) is 1. The number of rotatable bonds is 7. The van der Waals surface area contributed by atoms with E-state index in [9.17, 15) is 4.79 Å². The fraction of sp³-hybridized carbons (Fsp3) is 0.769. The fourth-order valence-corrected chi connectivity index (χ4v) is 1.78. The van der Waals surface area contributed by atoms with Crippen LogP contribution >= 0.6 is 0 Å². The summed E-state index contributed by atoms with van der Waals surface area (Å²) >= 11 is 0. The van der Waals surface area contributed by atoms with Crippen LogP contribution in [0.25, 0.3) is 0 Å².